The van der Waals surface area contributed by atoms with E-state index in [2.05, 4.69) is 4.90 Å². The number of carbonyl (C=O) groups is 2. The van der Waals surface area contributed by atoms with Crippen molar-refractivity contribution in [1.29, 1.82) is 0 Å². The van der Waals surface area contributed by atoms with Gasteiger partial charge < -0.3 is 19.5 Å². The lowest BCUT2D eigenvalue weighted by atomic mass is 9.95. The van der Waals surface area contributed by atoms with Crippen molar-refractivity contribution in [3.8, 4) is 5.75 Å². The van der Waals surface area contributed by atoms with Crippen LogP contribution in [-0.4, -0.2) is 72.6 Å². The number of aliphatic hydroxyl groups is 1. The molecule has 186 valence electrons. The van der Waals surface area contributed by atoms with Crippen LogP contribution in [0, 0.1) is 6.92 Å². The molecule has 35 heavy (non-hydrogen) atoms. The number of ketones is 1. The molecular weight excluding hydrogens is 468 g/mol. The Morgan fingerprint density at radius 2 is 1.83 bits per heavy atom. The van der Waals surface area contributed by atoms with Crippen LogP contribution in [0.1, 0.15) is 36.1 Å². The number of aliphatic hydroxyl groups excluding tert-OH is 1. The fourth-order valence-corrected chi connectivity index (χ4v) is 4.63. The predicted molar refractivity (Wildman–Crippen MR) is 135 cm³/mol. The second-order valence-corrected chi connectivity index (χ2v) is 9.26. The lowest BCUT2D eigenvalue weighted by molar-refractivity contribution is -0.140. The smallest absolute Gasteiger partial charge is 0.295 e. The predicted octanol–water partition coefficient (Wildman–Crippen LogP) is 4.19. The summed E-state index contributed by atoms with van der Waals surface area (Å²) in [6, 6.07) is 11.6. The van der Waals surface area contributed by atoms with Crippen molar-refractivity contribution in [3.63, 3.8) is 0 Å². The summed E-state index contributed by atoms with van der Waals surface area (Å²) in [5.41, 5.74) is 2.11. The minimum Gasteiger partial charge on any atom is -0.507 e. The SMILES string of the molecule is CCCOc1ccc(C(O)=C2C(=O)C(=O)N(CCN3CCOCC3)[C@@H]2c2ccc(Cl)cc2)cc1C. The Morgan fingerprint density at radius 1 is 1.11 bits per heavy atom. The Morgan fingerprint density at radius 3 is 2.49 bits per heavy atom. The van der Waals surface area contributed by atoms with Gasteiger partial charge >= 0.3 is 0 Å². The van der Waals surface area contributed by atoms with E-state index in [1.807, 2.05) is 13.8 Å². The van der Waals surface area contributed by atoms with Crippen LogP contribution in [0.3, 0.4) is 0 Å². The van der Waals surface area contributed by atoms with Gasteiger partial charge in [-0.05, 0) is 54.8 Å². The molecular formula is C27H31ClN2O5. The molecule has 8 heteroatoms. The zero-order valence-corrected chi connectivity index (χ0v) is 20.9. The van der Waals surface area contributed by atoms with Crippen molar-refractivity contribution in [1.82, 2.24) is 9.80 Å². The molecule has 0 saturated carbocycles. The van der Waals surface area contributed by atoms with E-state index in [9.17, 15) is 14.7 Å². The zero-order valence-electron chi connectivity index (χ0n) is 20.1. The summed E-state index contributed by atoms with van der Waals surface area (Å²) in [4.78, 5) is 30.2. The van der Waals surface area contributed by atoms with Gasteiger partial charge in [0.1, 0.15) is 11.5 Å². The first-order chi connectivity index (χ1) is 16.9. The minimum absolute atomic E-state index is 0.0842. The lowest BCUT2D eigenvalue weighted by Gasteiger charge is -2.31. The molecule has 0 unspecified atom stereocenters. The van der Waals surface area contributed by atoms with Crippen LogP contribution in [0.4, 0.5) is 0 Å². The molecule has 2 aliphatic rings. The van der Waals surface area contributed by atoms with Gasteiger partial charge in [0.05, 0.1) is 31.4 Å². The van der Waals surface area contributed by atoms with Crippen molar-refractivity contribution in [2.75, 3.05) is 46.0 Å². The average Bonchev–Trinajstić information content (AvgIpc) is 3.12. The average molecular weight is 499 g/mol. The van der Waals surface area contributed by atoms with E-state index >= 15 is 0 Å². The van der Waals surface area contributed by atoms with Crippen LogP contribution in [0.25, 0.3) is 5.76 Å². The number of benzene rings is 2. The maximum Gasteiger partial charge on any atom is 0.295 e. The molecule has 2 heterocycles. The number of rotatable bonds is 8. The van der Waals surface area contributed by atoms with Crippen LogP contribution in [0.15, 0.2) is 48.0 Å². The van der Waals surface area contributed by atoms with E-state index in [0.717, 1.165) is 36.4 Å². The second-order valence-electron chi connectivity index (χ2n) is 8.83. The van der Waals surface area contributed by atoms with Gasteiger partial charge in [-0.25, -0.2) is 0 Å². The maximum atomic E-state index is 13.2. The standard InChI is InChI=1S/C27H31ClN2O5/c1-3-14-35-22-9-6-20(17-18(22)2)25(31)23-24(19-4-7-21(28)8-5-19)30(27(33)26(23)32)11-10-29-12-15-34-16-13-29/h4-9,17,24,31H,3,10-16H2,1-2H3/t24-/m1/s1. The Hall–Kier alpha value is -2.87. The summed E-state index contributed by atoms with van der Waals surface area (Å²) in [6.07, 6.45) is 0.885. The summed E-state index contributed by atoms with van der Waals surface area (Å²) >= 11 is 6.10. The summed E-state index contributed by atoms with van der Waals surface area (Å²) in [5, 5.41) is 11.9. The number of morpholine rings is 1. The molecule has 2 aliphatic heterocycles. The van der Waals surface area contributed by atoms with E-state index in [4.69, 9.17) is 21.1 Å². The van der Waals surface area contributed by atoms with Gasteiger partial charge in [-0.1, -0.05) is 30.7 Å². The minimum atomic E-state index is -0.704. The van der Waals surface area contributed by atoms with Crippen molar-refractivity contribution in [3.05, 3.63) is 69.8 Å². The van der Waals surface area contributed by atoms with Gasteiger partial charge in [0.25, 0.3) is 11.7 Å². The summed E-state index contributed by atoms with van der Waals surface area (Å²) in [5.74, 6) is -0.765. The Labute approximate surface area is 210 Å². The molecule has 0 radical (unpaired) electrons. The zero-order chi connectivity index (χ0) is 24.9. The summed E-state index contributed by atoms with van der Waals surface area (Å²) in [7, 11) is 0. The van der Waals surface area contributed by atoms with Crippen LogP contribution in [0.2, 0.25) is 5.02 Å². The van der Waals surface area contributed by atoms with E-state index in [1.165, 1.54) is 0 Å². The third-order valence-corrected chi connectivity index (χ3v) is 6.65. The quantitative estimate of drug-likeness (QED) is 0.334. The number of amides is 1. The summed E-state index contributed by atoms with van der Waals surface area (Å²) < 4.78 is 11.1. The third kappa shape index (κ3) is 5.53. The first kappa shape index (κ1) is 25.2. The molecule has 2 aromatic carbocycles. The molecule has 0 spiro atoms. The van der Waals surface area contributed by atoms with Gasteiger partial charge in [0.2, 0.25) is 0 Å². The second kappa shape index (κ2) is 11.2. The Bertz CT molecular complexity index is 1110. The van der Waals surface area contributed by atoms with Crippen molar-refractivity contribution in [2.45, 2.75) is 26.3 Å². The molecule has 7 nitrogen and oxygen atoms in total. The number of carbonyl (C=O) groups excluding carboxylic acids is 2. The van der Waals surface area contributed by atoms with E-state index in [-0.39, 0.29) is 11.3 Å². The number of halogens is 1. The molecule has 1 amide bonds. The molecule has 1 atom stereocenters. The molecule has 2 aromatic rings. The van der Waals surface area contributed by atoms with Crippen LogP contribution >= 0.6 is 11.6 Å². The van der Waals surface area contributed by atoms with E-state index in [0.29, 0.717) is 43.5 Å². The van der Waals surface area contributed by atoms with Crippen LogP contribution in [-0.2, 0) is 14.3 Å². The number of ether oxygens (including phenoxy) is 2. The highest BCUT2D eigenvalue weighted by atomic mass is 35.5. The monoisotopic (exact) mass is 498 g/mol. The highest BCUT2D eigenvalue weighted by Gasteiger charge is 2.46. The number of likely N-dealkylation sites (tertiary alicyclic amines) is 1. The largest absolute Gasteiger partial charge is 0.507 e. The number of hydrogen-bond donors (Lipinski definition) is 1. The highest BCUT2D eigenvalue weighted by molar-refractivity contribution is 6.46. The number of aryl methyl sites for hydroxylation is 1. The molecule has 0 aromatic heterocycles. The highest BCUT2D eigenvalue weighted by Crippen LogP contribution is 2.40. The van der Waals surface area contributed by atoms with E-state index < -0.39 is 17.7 Å². The summed E-state index contributed by atoms with van der Waals surface area (Å²) in [6.45, 7) is 8.34. The number of nitrogens with zero attached hydrogens (tertiary/aromatic N) is 2. The van der Waals surface area contributed by atoms with Crippen molar-refractivity contribution < 1.29 is 24.2 Å². The maximum absolute atomic E-state index is 13.2. The third-order valence-electron chi connectivity index (χ3n) is 6.40. The van der Waals surface area contributed by atoms with Gasteiger partial charge in [-0.15, -0.1) is 0 Å². The number of hydrogen-bond acceptors (Lipinski definition) is 6. The van der Waals surface area contributed by atoms with E-state index in [1.54, 1.807) is 47.4 Å². The topological polar surface area (TPSA) is 79.3 Å². The first-order valence-electron chi connectivity index (χ1n) is 12.0. The molecule has 0 bridgehead atoms. The van der Waals surface area contributed by atoms with Gasteiger partial charge in [0.15, 0.2) is 0 Å². The van der Waals surface area contributed by atoms with Gasteiger partial charge in [0, 0.05) is 36.8 Å². The molecule has 4 rings (SSSR count). The molecule has 1 N–H and O–H groups in total. The van der Waals surface area contributed by atoms with Crippen molar-refractivity contribution in [2.24, 2.45) is 0 Å². The van der Waals surface area contributed by atoms with Crippen LogP contribution < -0.4 is 4.74 Å². The van der Waals surface area contributed by atoms with Gasteiger partial charge in [-0.3, -0.25) is 14.5 Å². The van der Waals surface area contributed by atoms with Crippen molar-refractivity contribution >= 4 is 29.1 Å². The Balaban J connectivity index is 1.71. The Kier molecular flexibility index (Phi) is 8.11. The molecule has 2 fully saturated rings. The lowest BCUT2D eigenvalue weighted by Crippen LogP contribution is -2.42. The fraction of sp³-hybridized carbons (Fsp3) is 0.407. The first-order valence-corrected chi connectivity index (χ1v) is 12.4. The van der Waals surface area contributed by atoms with Crippen LogP contribution in [0.5, 0.6) is 5.75 Å². The molecule has 0 aliphatic carbocycles. The van der Waals surface area contributed by atoms with Gasteiger partial charge in [-0.2, -0.15) is 0 Å². The number of Topliss-reactive ketones (excluding diaryl/α,β-unsaturated/α-hetero) is 1. The normalized spacial score (nSPS) is 20.4. The molecule has 2 saturated heterocycles. The fourth-order valence-electron chi connectivity index (χ4n) is 4.50.